The molecule has 0 saturated carbocycles. The van der Waals surface area contributed by atoms with Crippen LogP contribution in [0, 0.1) is 10.8 Å². The van der Waals surface area contributed by atoms with Crippen molar-refractivity contribution < 1.29 is 17.6 Å². The van der Waals surface area contributed by atoms with Gasteiger partial charge in [0.15, 0.2) is 0 Å². The largest absolute Gasteiger partial charge is 0.250 e. The zero-order valence-electron chi connectivity index (χ0n) is 8.75. The fourth-order valence-corrected chi connectivity index (χ4v) is 0.942. The standard InChI is InChI=1S/C10H18F4/c1-9(5-11,6-12)3-4-10(2,7-13)8-14/h3-8H2,1-2H3. The normalized spacial score (nSPS) is 13.3. The molecule has 0 aliphatic rings. The molecule has 0 amide bonds. The van der Waals surface area contributed by atoms with Gasteiger partial charge in [-0.15, -0.1) is 0 Å². The van der Waals surface area contributed by atoms with Gasteiger partial charge in [0.2, 0.25) is 0 Å². The molecule has 0 N–H and O–H groups in total. The summed E-state index contributed by atoms with van der Waals surface area (Å²) in [5, 5.41) is 0. The summed E-state index contributed by atoms with van der Waals surface area (Å²) in [6, 6.07) is 0. The summed E-state index contributed by atoms with van der Waals surface area (Å²) in [5.41, 5.74) is -2.16. The third-order valence-electron chi connectivity index (χ3n) is 2.62. The molecule has 0 aromatic heterocycles. The first kappa shape index (κ1) is 13.7. The first-order valence-corrected chi connectivity index (χ1v) is 4.69. The lowest BCUT2D eigenvalue weighted by Crippen LogP contribution is -2.28. The van der Waals surface area contributed by atoms with E-state index in [0.29, 0.717) is 0 Å². The zero-order chi connectivity index (χ0) is 11.2. The molecule has 0 fully saturated rings. The van der Waals surface area contributed by atoms with E-state index in [1.165, 1.54) is 13.8 Å². The van der Waals surface area contributed by atoms with E-state index >= 15 is 0 Å². The molecule has 0 atom stereocenters. The van der Waals surface area contributed by atoms with Crippen molar-refractivity contribution in [1.29, 1.82) is 0 Å². The minimum atomic E-state index is -1.08. The van der Waals surface area contributed by atoms with Gasteiger partial charge in [-0.2, -0.15) is 0 Å². The summed E-state index contributed by atoms with van der Waals surface area (Å²) in [6.07, 6.45) is 0.342. The molecule has 0 spiro atoms. The van der Waals surface area contributed by atoms with Crippen LogP contribution in [0.4, 0.5) is 17.6 Å². The number of halogens is 4. The second-order valence-corrected chi connectivity index (χ2v) is 4.66. The van der Waals surface area contributed by atoms with Crippen LogP contribution in [-0.2, 0) is 0 Å². The monoisotopic (exact) mass is 214 g/mol. The van der Waals surface area contributed by atoms with E-state index in [0.717, 1.165) is 0 Å². The van der Waals surface area contributed by atoms with Gasteiger partial charge < -0.3 is 0 Å². The Morgan fingerprint density at radius 1 is 0.643 bits per heavy atom. The first-order chi connectivity index (χ1) is 6.45. The topological polar surface area (TPSA) is 0 Å². The molecule has 86 valence electrons. The molecule has 0 aromatic rings. The maximum atomic E-state index is 12.4. The minimum Gasteiger partial charge on any atom is -0.250 e. The molecule has 14 heavy (non-hydrogen) atoms. The van der Waals surface area contributed by atoms with Crippen molar-refractivity contribution in [1.82, 2.24) is 0 Å². The van der Waals surface area contributed by atoms with Crippen molar-refractivity contribution in [3.63, 3.8) is 0 Å². The number of alkyl halides is 4. The van der Waals surface area contributed by atoms with E-state index in [1.54, 1.807) is 0 Å². The van der Waals surface area contributed by atoms with E-state index in [9.17, 15) is 17.6 Å². The van der Waals surface area contributed by atoms with Gasteiger partial charge in [0.05, 0.1) is 26.7 Å². The van der Waals surface area contributed by atoms with Gasteiger partial charge in [-0.05, 0) is 12.8 Å². The molecule has 0 heterocycles. The number of hydrogen-bond donors (Lipinski definition) is 0. The van der Waals surface area contributed by atoms with Crippen molar-refractivity contribution in [3.8, 4) is 0 Å². The molecule has 0 nitrogen and oxygen atoms in total. The Morgan fingerprint density at radius 3 is 1.00 bits per heavy atom. The third-order valence-corrected chi connectivity index (χ3v) is 2.62. The molecule has 4 heteroatoms. The van der Waals surface area contributed by atoms with Crippen LogP contribution in [-0.4, -0.2) is 26.7 Å². The van der Waals surface area contributed by atoms with Crippen LogP contribution in [0.25, 0.3) is 0 Å². The average Bonchev–Trinajstić information content (AvgIpc) is 2.25. The summed E-state index contributed by atoms with van der Waals surface area (Å²) >= 11 is 0. The molecule has 0 aliphatic carbocycles. The first-order valence-electron chi connectivity index (χ1n) is 4.69. The zero-order valence-corrected chi connectivity index (χ0v) is 8.75. The summed E-state index contributed by atoms with van der Waals surface area (Å²) in [5.74, 6) is 0. The van der Waals surface area contributed by atoms with Crippen molar-refractivity contribution >= 4 is 0 Å². The van der Waals surface area contributed by atoms with Crippen LogP contribution in [0.2, 0.25) is 0 Å². The Labute approximate surface area is 82.7 Å². The van der Waals surface area contributed by atoms with Gasteiger partial charge >= 0.3 is 0 Å². The third kappa shape index (κ3) is 3.84. The van der Waals surface area contributed by atoms with E-state index in [2.05, 4.69) is 0 Å². The highest BCUT2D eigenvalue weighted by Crippen LogP contribution is 2.32. The predicted octanol–water partition coefficient (Wildman–Crippen LogP) is 3.66. The fraction of sp³-hybridized carbons (Fsp3) is 1.00. The van der Waals surface area contributed by atoms with Crippen molar-refractivity contribution in [3.05, 3.63) is 0 Å². The lowest BCUT2D eigenvalue weighted by Gasteiger charge is -2.28. The van der Waals surface area contributed by atoms with Gasteiger partial charge in [0.1, 0.15) is 0 Å². The predicted molar refractivity (Wildman–Crippen MR) is 49.3 cm³/mol. The summed E-state index contributed by atoms with van der Waals surface area (Å²) < 4.78 is 49.6. The maximum absolute atomic E-state index is 12.4. The van der Waals surface area contributed by atoms with E-state index in [4.69, 9.17) is 0 Å². The maximum Gasteiger partial charge on any atom is 0.0972 e. The highest BCUT2D eigenvalue weighted by atomic mass is 19.1. The molecule has 0 rings (SSSR count). The summed E-state index contributed by atoms with van der Waals surface area (Å²) in [7, 11) is 0. The Bertz CT molecular complexity index is 132. The van der Waals surface area contributed by atoms with Crippen molar-refractivity contribution in [2.24, 2.45) is 10.8 Å². The van der Waals surface area contributed by atoms with E-state index < -0.39 is 37.5 Å². The molecule has 0 saturated heterocycles. The van der Waals surface area contributed by atoms with Gasteiger partial charge in [0.25, 0.3) is 0 Å². The molecule has 0 unspecified atom stereocenters. The number of hydrogen-bond acceptors (Lipinski definition) is 0. The highest BCUT2D eigenvalue weighted by molar-refractivity contribution is 4.79. The molecule has 0 aromatic carbocycles. The van der Waals surface area contributed by atoms with Crippen LogP contribution in [0.15, 0.2) is 0 Å². The fourth-order valence-electron chi connectivity index (χ4n) is 0.942. The Hall–Kier alpha value is -0.280. The quantitative estimate of drug-likeness (QED) is 0.567. The molecule has 0 radical (unpaired) electrons. The van der Waals surface area contributed by atoms with E-state index in [-0.39, 0.29) is 12.8 Å². The van der Waals surface area contributed by atoms with Crippen LogP contribution < -0.4 is 0 Å². The van der Waals surface area contributed by atoms with E-state index in [1.807, 2.05) is 0 Å². The second-order valence-electron chi connectivity index (χ2n) is 4.66. The van der Waals surface area contributed by atoms with Crippen LogP contribution >= 0.6 is 0 Å². The lowest BCUT2D eigenvalue weighted by atomic mass is 9.79. The highest BCUT2D eigenvalue weighted by Gasteiger charge is 2.31. The smallest absolute Gasteiger partial charge is 0.0972 e. The van der Waals surface area contributed by atoms with Crippen LogP contribution in [0.3, 0.4) is 0 Å². The van der Waals surface area contributed by atoms with Gasteiger partial charge in [-0.3, -0.25) is 17.6 Å². The summed E-state index contributed by atoms with van der Waals surface area (Å²) in [4.78, 5) is 0. The summed E-state index contributed by atoms with van der Waals surface area (Å²) in [6.45, 7) is -0.277. The van der Waals surface area contributed by atoms with Crippen molar-refractivity contribution in [2.75, 3.05) is 26.7 Å². The SMILES string of the molecule is CC(CF)(CF)CCC(C)(CF)CF. The Morgan fingerprint density at radius 2 is 0.857 bits per heavy atom. The lowest BCUT2D eigenvalue weighted by molar-refractivity contribution is 0.101. The van der Waals surface area contributed by atoms with Crippen LogP contribution in [0.5, 0.6) is 0 Å². The second kappa shape index (κ2) is 5.56. The molecular formula is C10H18F4. The van der Waals surface area contributed by atoms with Crippen LogP contribution in [0.1, 0.15) is 26.7 Å². The molecule has 0 aliphatic heterocycles. The average molecular weight is 214 g/mol. The van der Waals surface area contributed by atoms with Crippen molar-refractivity contribution in [2.45, 2.75) is 26.7 Å². The van der Waals surface area contributed by atoms with Gasteiger partial charge in [-0.1, -0.05) is 13.8 Å². The minimum absolute atomic E-state index is 0.171. The molecular weight excluding hydrogens is 196 g/mol. The Kier molecular flexibility index (Phi) is 5.45. The molecule has 0 bridgehead atoms. The van der Waals surface area contributed by atoms with Gasteiger partial charge in [-0.25, -0.2) is 0 Å². The Balaban J connectivity index is 4.14. The van der Waals surface area contributed by atoms with Gasteiger partial charge in [0, 0.05) is 10.8 Å². The number of rotatable bonds is 7.